The molecule has 2 aliphatic heterocycles. The number of piperidine rings is 1. The standard InChI is InChI=1S/C30H35F3N4O5S2/c1-28(2,3)42-27(38)37-12-10-18(11-13-37)23-14-19(30(31,32)33)6-8-21(23)24-16-29(4,5)41-25-15-20(7-9-22(24)25)44(39,40)36-26-34-17-35-43-26/h6-9,14-15,17-18,24H,10-13,16H2,1-5H3,(H,34,35,36)/t24-/m0/s1. The number of aromatic nitrogens is 2. The first-order valence-electron chi connectivity index (χ1n) is 14.2. The number of ether oxygens (including phenoxy) is 2. The molecule has 238 valence electrons. The Labute approximate surface area is 259 Å². The van der Waals surface area contributed by atoms with Crippen molar-refractivity contribution in [3.63, 3.8) is 0 Å². The second-order valence-corrected chi connectivity index (χ2v) is 15.2. The summed E-state index contributed by atoms with van der Waals surface area (Å²) in [5, 5.41) is 0.119. The molecule has 0 saturated carbocycles. The minimum absolute atomic E-state index is 0.0370. The average Bonchev–Trinajstić information content (AvgIpc) is 3.42. The number of sulfonamides is 1. The van der Waals surface area contributed by atoms with Crippen LogP contribution in [-0.2, 0) is 20.9 Å². The predicted octanol–water partition coefficient (Wildman–Crippen LogP) is 7.17. The molecule has 9 nitrogen and oxygen atoms in total. The number of carbonyl (C=O) groups excluding carboxylic acids is 1. The fourth-order valence-electron chi connectivity index (χ4n) is 5.79. The molecule has 1 aromatic heterocycles. The van der Waals surface area contributed by atoms with Crippen molar-refractivity contribution in [3.8, 4) is 5.75 Å². The van der Waals surface area contributed by atoms with Crippen molar-refractivity contribution in [1.82, 2.24) is 14.3 Å². The topological polar surface area (TPSA) is 111 Å². The van der Waals surface area contributed by atoms with E-state index in [9.17, 15) is 26.4 Å². The summed E-state index contributed by atoms with van der Waals surface area (Å²) in [5.41, 5.74) is -0.139. The molecule has 1 saturated heterocycles. The highest BCUT2D eigenvalue weighted by atomic mass is 32.2. The van der Waals surface area contributed by atoms with Gasteiger partial charge in [0.25, 0.3) is 10.0 Å². The van der Waals surface area contributed by atoms with E-state index >= 15 is 0 Å². The van der Waals surface area contributed by atoms with Crippen LogP contribution in [0.15, 0.2) is 47.6 Å². The molecule has 3 aromatic rings. The molecule has 0 spiro atoms. The van der Waals surface area contributed by atoms with Crippen LogP contribution in [0.5, 0.6) is 5.75 Å². The highest BCUT2D eigenvalue weighted by Gasteiger charge is 2.39. The fourth-order valence-corrected chi connectivity index (χ4v) is 7.47. The van der Waals surface area contributed by atoms with Crippen LogP contribution >= 0.6 is 11.5 Å². The third-order valence-corrected chi connectivity index (χ3v) is 9.76. The van der Waals surface area contributed by atoms with Gasteiger partial charge >= 0.3 is 12.3 Å². The molecule has 5 rings (SSSR count). The first-order chi connectivity index (χ1) is 20.4. The number of carbonyl (C=O) groups is 1. The van der Waals surface area contributed by atoms with Gasteiger partial charge in [0, 0.05) is 42.2 Å². The molecule has 0 bridgehead atoms. The van der Waals surface area contributed by atoms with E-state index in [-0.39, 0.29) is 21.9 Å². The maximum Gasteiger partial charge on any atom is 0.416 e. The van der Waals surface area contributed by atoms with Gasteiger partial charge in [0.15, 0.2) is 0 Å². The summed E-state index contributed by atoms with van der Waals surface area (Å²) in [4.78, 5) is 18.1. The second kappa shape index (κ2) is 11.5. The number of hydrogen-bond acceptors (Lipinski definition) is 8. The lowest BCUT2D eigenvalue weighted by atomic mass is 9.75. The lowest BCUT2D eigenvalue weighted by Gasteiger charge is -2.40. The molecule has 0 radical (unpaired) electrons. The molecule has 1 amide bonds. The summed E-state index contributed by atoms with van der Waals surface area (Å²) in [6.45, 7) is 9.80. The van der Waals surface area contributed by atoms with Crippen molar-refractivity contribution < 1.29 is 35.9 Å². The van der Waals surface area contributed by atoms with E-state index < -0.39 is 39.1 Å². The summed E-state index contributed by atoms with van der Waals surface area (Å²) < 4.78 is 85.9. The van der Waals surface area contributed by atoms with Crippen LogP contribution in [-0.4, -0.2) is 53.1 Å². The van der Waals surface area contributed by atoms with Gasteiger partial charge in [0.2, 0.25) is 5.13 Å². The molecule has 2 aromatic carbocycles. The van der Waals surface area contributed by atoms with Gasteiger partial charge in [-0.15, -0.1) is 0 Å². The van der Waals surface area contributed by atoms with Crippen LogP contribution in [0.2, 0.25) is 0 Å². The van der Waals surface area contributed by atoms with Crippen molar-refractivity contribution in [2.45, 2.75) is 88.0 Å². The summed E-state index contributed by atoms with van der Waals surface area (Å²) in [7, 11) is -4.00. The van der Waals surface area contributed by atoms with Crippen LogP contribution in [0, 0.1) is 0 Å². The molecule has 0 unspecified atom stereocenters. The van der Waals surface area contributed by atoms with Crippen LogP contribution in [0.25, 0.3) is 0 Å². The van der Waals surface area contributed by atoms with Gasteiger partial charge in [-0.3, -0.25) is 4.72 Å². The number of halogens is 3. The summed E-state index contributed by atoms with van der Waals surface area (Å²) >= 11 is 0.901. The molecule has 1 N–H and O–H groups in total. The number of amides is 1. The maximum absolute atomic E-state index is 13.9. The molecule has 1 atom stereocenters. The monoisotopic (exact) mass is 652 g/mol. The number of nitrogens with one attached hydrogen (secondary N) is 1. The Kier molecular flexibility index (Phi) is 8.38. The van der Waals surface area contributed by atoms with E-state index in [0.29, 0.717) is 49.2 Å². The van der Waals surface area contributed by atoms with Crippen molar-refractivity contribution in [2.75, 3.05) is 17.8 Å². The minimum Gasteiger partial charge on any atom is -0.487 e. The molecule has 3 heterocycles. The maximum atomic E-state index is 13.9. The Balaban J connectivity index is 1.50. The van der Waals surface area contributed by atoms with Crippen molar-refractivity contribution in [2.24, 2.45) is 0 Å². The molecule has 44 heavy (non-hydrogen) atoms. The molecule has 0 aliphatic carbocycles. The highest BCUT2D eigenvalue weighted by Crippen LogP contribution is 2.48. The van der Waals surface area contributed by atoms with Crippen molar-refractivity contribution in [1.29, 1.82) is 0 Å². The summed E-state index contributed by atoms with van der Waals surface area (Å²) in [5.74, 6) is -0.240. The van der Waals surface area contributed by atoms with Gasteiger partial charge < -0.3 is 14.4 Å². The molecule has 1 fully saturated rings. The Morgan fingerprint density at radius 3 is 2.36 bits per heavy atom. The minimum atomic E-state index is -4.53. The van der Waals surface area contributed by atoms with Crippen LogP contribution in [0.1, 0.15) is 88.0 Å². The Morgan fingerprint density at radius 1 is 1.07 bits per heavy atom. The molecular weight excluding hydrogens is 617 g/mol. The lowest BCUT2D eigenvalue weighted by molar-refractivity contribution is -0.137. The molecule has 2 aliphatic rings. The number of anilines is 1. The SMILES string of the molecule is CC(C)(C)OC(=O)N1CCC(c2cc(C(F)(F)F)ccc2[C@@H]2CC(C)(C)Oc3cc(S(=O)(=O)Nc4ncns4)ccc32)CC1. The van der Waals surface area contributed by atoms with E-state index in [0.717, 1.165) is 23.2 Å². The number of fused-ring (bicyclic) bond motifs is 1. The van der Waals surface area contributed by atoms with Crippen LogP contribution in [0.3, 0.4) is 0 Å². The Hall–Kier alpha value is -3.39. The zero-order valence-electron chi connectivity index (χ0n) is 25.1. The second-order valence-electron chi connectivity index (χ2n) is 12.8. The van der Waals surface area contributed by atoms with Crippen molar-refractivity contribution in [3.05, 3.63) is 65.0 Å². The highest BCUT2D eigenvalue weighted by molar-refractivity contribution is 7.93. The van der Waals surface area contributed by atoms with E-state index in [1.54, 1.807) is 31.7 Å². The van der Waals surface area contributed by atoms with E-state index in [1.165, 1.54) is 30.6 Å². The Morgan fingerprint density at radius 2 is 1.75 bits per heavy atom. The van der Waals surface area contributed by atoms with Crippen molar-refractivity contribution >= 4 is 32.8 Å². The number of benzene rings is 2. The third kappa shape index (κ3) is 7.12. The summed E-state index contributed by atoms with van der Waals surface area (Å²) in [6.07, 6.45) is -2.31. The van der Waals surface area contributed by atoms with Gasteiger partial charge in [-0.1, -0.05) is 12.1 Å². The van der Waals surface area contributed by atoms with Gasteiger partial charge in [-0.05, 0) is 89.1 Å². The first kappa shape index (κ1) is 32.0. The average molecular weight is 653 g/mol. The smallest absolute Gasteiger partial charge is 0.416 e. The van der Waals surface area contributed by atoms with E-state index in [2.05, 4.69) is 14.1 Å². The number of hydrogen-bond donors (Lipinski definition) is 1. The largest absolute Gasteiger partial charge is 0.487 e. The lowest BCUT2D eigenvalue weighted by Crippen LogP contribution is -2.41. The van der Waals surface area contributed by atoms with Gasteiger partial charge in [-0.25, -0.2) is 18.2 Å². The molecule has 14 heteroatoms. The zero-order valence-corrected chi connectivity index (χ0v) is 26.7. The quantitative estimate of drug-likeness (QED) is 0.311. The summed E-state index contributed by atoms with van der Waals surface area (Å²) in [6, 6.07) is 8.43. The van der Waals surface area contributed by atoms with Crippen LogP contribution in [0.4, 0.5) is 23.1 Å². The zero-order chi connectivity index (χ0) is 32.1. The normalized spacial score (nSPS) is 19.2. The first-order valence-corrected chi connectivity index (χ1v) is 16.5. The Bertz CT molecular complexity index is 1630. The predicted molar refractivity (Wildman–Crippen MR) is 160 cm³/mol. The molecular formula is C30H35F3N4O5S2. The van der Waals surface area contributed by atoms with Crippen LogP contribution < -0.4 is 9.46 Å². The van der Waals surface area contributed by atoms with Gasteiger partial charge in [0.05, 0.1) is 10.5 Å². The van der Waals surface area contributed by atoms with E-state index in [1.807, 2.05) is 13.8 Å². The third-order valence-electron chi connectivity index (χ3n) is 7.71. The van der Waals surface area contributed by atoms with Gasteiger partial charge in [0.1, 0.15) is 23.3 Å². The number of alkyl halides is 3. The fraction of sp³-hybridized carbons (Fsp3) is 0.500. The number of likely N-dealkylation sites (tertiary alicyclic amines) is 1. The number of nitrogens with zero attached hydrogens (tertiary/aromatic N) is 3. The number of rotatable bonds is 5. The van der Waals surface area contributed by atoms with Gasteiger partial charge in [-0.2, -0.15) is 17.5 Å². The van der Waals surface area contributed by atoms with E-state index in [4.69, 9.17) is 9.47 Å².